The average molecular weight is 227 g/mol. The summed E-state index contributed by atoms with van der Waals surface area (Å²) in [5.41, 5.74) is 0. The molecule has 2 heterocycles. The molecule has 0 atom stereocenters. The van der Waals surface area contributed by atoms with Crippen molar-refractivity contribution in [3.8, 4) is 0 Å². The second kappa shape index (κ2) is 10.4. The number of piperazine rings is 2. The van der Waals surface area contributed by atoms with Gasteiger partial charge < -0.3 is 21.3 Å². The predicted molar refractivity (Wildman–Crippen MR) is 52.4 cm³/mol. The molecule has 2 fully saturated rings. The summed E-state index contributed by atoms with van der Waals surface area (Å²) in [5, 5.41) is 16.3. The van der Waals surface area contributed by atoms with Crippen LogP contribution in [0.3, 0.4) is 0 Å². The van der Waals surface area contributed by atoms with Gasteiger partial charge in [0, 0.05) is 16.8 Å². The maximum absolute atomic E-state index is 4.08. The third-order valence-corrected chi connectivity index (χ3v) is 1.66. The van der Waals surface area contributed by atoms with Crippen LogP contribution < -0.4 is 0 Å². The normalized spacial score (nSPS) is 22.2. The first-order valence-electron chi connectivity index (χ1n) is 4.53. The zero-order valence-electron chi connectivity index (χ0n) is 7.78. The van der Waals surface area contributed by atoms with Gasteiger partial charge in [-0.2, -0.15) is 52.4 Å². The predicted octanol–water partition coefficient (Wildman–Crippen LogP) is 1.49. The number of hydrogen-bond acceptors (Lipinski definition) is 0. The molecule has 0 aromatic rings. The van der Waals surface area contributed by atoms with E-state index < -0.39 is 0 Å². The monoisotopic (exact) mass is 227 g/mol. The Hall–Kier alpha value is 0.346. The second-order valence-corrected chi connectivity index (χ2v) is 2.68. The van der Waals surface area contributed by atoms with Gasteiger partial charge in [-0.3, -0.25) is 0 Å². The molecule has 1 radical (unpaired) electrons. The number of hydrogen-bond donors (Lipinski definition) is 0. The molecule has 0 bridgehead atoms. The summed E-state index contributed by atoms with van der Waals surface area (Å²) in [6.07, 6.45) is 0. The topological polar surface area (TPSA) is 56.4 Å². The maximum Gasteiger partial charge on any atom is 0 e. The summed E-state index contributed by atoms with van der Waals surface area (Å²) >= 11 is 0. The quantitative estimate of drug-likeness (QED) is 0.602. The molecule has 0 aromatic carbocycles. The van der Waals surface area contributed by atoms with Gasteiger partial charge in [0.25, 0.3) is 0 Å². The Bertz CT molecular complexity index is 59.1. The zero-order chi connectivity index (χ0) is 8.49. The summed E-state index contributed by atoms with van der Waals surface area (Å²) in [6.45, 7) is 7.67. The van der Waals surface area contributed by atoms with E-state index in [-0.39, 0.29) is 16.8 Å². The average Bonchev–Trinajstić information content (AvgIpc) is 2.24. The van der Waals surface area contributed by atoms with E-state index in [9.17, 15) is 0 Å². The SMILES string of the molecule is C1C[N-]CC[N-]1.C1C[N-]CC[N-]1.[Co]. The van der Waals surface area contributed by atoms with Crippen molar-refractivity contribution < 1.29 is 16.8 Å². The molecule has 13 heavy (non-hydrogen) atoms. The van der Waals surface area contributed by atoms with Crippen LogP contribution in [-0.4, -0.2) is 52.4 Å². The van der Waals surface area contributed by atoms with E-state index in [1.165, 1.54) is 0 Å². The fraction of sp³-hybridized carbons (Fsp3) is 1.00. The Morgan fingerprint density at radius 1 is 0.385 bits per heavy atom. The van der Waals surface area contributed by atoms with Crippen LogP contribution in [-0.2, 0) is 16.8 Å². The van der Waals surface area contributed by atoms with E-state index in [1.807, 2.05) is 0 Å². The van der Waals surface area contributed by atoms with Gasteiger partial charge in [0.1, 0.15) is 0 Å². The Labute approximate surface area is 90.8 Å². The molecule has 0 aromatic heterocycles. The third-order valence-electron chi connectivity index (χ3n) is 1.66. The first-order valence-corrected chi connectivity index (χ1v) is 4.53. The minimum atomic E-state index is 0. The van der Waals surface area contributed by atoms with Crippen molar-refractivity contribution in [1.82, 2.24) is 0 Å². The molecule has 0 amide bonds. The molecule has 2 aliphatic heterocycles. The van der Waals surface area contributed by atoms with Gasteiger partial charge in [0.2, 0.25) is 0 Å². The molecule has 2 aliphatic rings. The van der Waals surface area contributed by atoms with Gasteiger partial charge in [0.15, 0.2) is 0 Å². The van der Waals surface area contributed by atoms with Crippen LogP contribution in [0.4, 0.5) is 0 Å². The Morgan fingerprint density at radius 3 is 0.615 bits per heavy atom. The first kappa shape index (κ1) is 13.3. The van der Waals surface area contributed by atoms with Gasteiger partial charge in [-0.05, 0) is 0 Å². The summed E-state index contributed by atoms with van der Waals surface area (Å²) in [4.78, 5) is 0. The Kier molecular flexibility index (Phi) is 10.7. The van der Waals surface area contributed by atoms with Crippen LogP contribution in [0.2, 0.25) is 0 Å². The molecular weight excluding hydrogens is 211 g/mol. The largest absolute Gasteiger partial charge is 0.665 e. The first-order chi connectivity index (χ1) is 6.00. The van der Waals surface area contributed by atoms with Crippen LogP contribution in [0.15, 0.2) is 0 Å². The summed E-state index contributed by atoms with van der Waals surface area (Å²) in [6, 6.07) is 0. The standard InChI is InChI=1S/2C4H8N2.Co/c2*1-2-6-4-3-5-1;/h2*1-4H2;/q2*-2;. The molecule has 2 saturated heterocycles. The minimum absolute atomic E-state index is 0. The van der Waals surface area contributed by atoms with Crippen LogP contribution in [0.5, 0.6) is 0 Å². The van der Waals surface area contributed by atoms with Crippen molar-refractivity contribution in [3.05, 3.63) is 21.3 Å². The molecule has 0 unspecified atom stereocenters. The number of nitrogens with zero attached hydrogens (tertiary/aromatic N) is 4. The van der Waals surface area contributed by atoms with Gasteiger partial charge in [-0.15, -0.1) is 0 Å². The molecule has 0 spiro atoms. The van der Waals surface area contributed by atoms with Gasteiger partial charge in [0.05, 0.1) is 0 Å². The van der Waals surface area contributed by atoms with E-state index in [0.29, 0.717) is 0 Å². The molecule has 0 aliphatic carbocycles. The molecule has 2 rings (SSSR count). The van der Waals surface area contributed by atoms with Crippen LogP contribution in [0.1, 0.15) is 0 Å². The van der Waals surface area contributed by atoms with E-state index in [0.717, 1.165) is 52.4 Å². The molecule has 5 heteroatoms. The molecule has 0 saturated carbocycles. The summed E-state index contributed by atoms with van der Waals surface area (Å²) < 4.78 is 0. The third kappa shape index (κ3) is 8.67. The van der Waals surface area contributed by atoms with Gasteiger partial charge in [-0.1, -0.05) is 0 Å². The fourth-order valence-electron chi connectivity index (χ4n) is 1.01. The van der Waals surface area contributed by atoms with E-state index >= 15 is 0 Å². The van der Waals surface area contributed by atoms with Crippen LogP contribution in [0.25, 0.3) is 21.3 Å². The van der Waals surface area contributed by atoms with E-state index in [1.54, 1.807) is 0 Å². The van der Waals surface area contributed by atoms with Crippen molar-refractivity contribution in [3.63, 3.8) is 0 Å². The van der Waals surface area contributed by atoms with Crippen LogP contribution >= 0.6 is 0 Å². The zero-order valence-corrected chi connectivity index (χ0v) is 8.82. The smallest absolute Gasteiger partial charge is 0 e. The van der Waals surface area contributed by atoms with Gasteiger partial charge in [-0.25, -0.2) is 0 Å². The van der Waals surface area contributed by atoms with Crippen molar-refractivity contribution in [2.75, 3.05) is 52.4 Å². The van der Waals surface area contributed by atoms with Crippen molar-refractivity contribution in [1.29, 1.82) is 0 Å². The van der Waals surface area contributed by atoms with Crippen molar-refractivity contribution in [2.24, 2.45) is 0 Å². The summed E-state index contributed by atoms with van der Waals surface area (Å²) in [7, 11) is 0. The number of rotatable bonds is 0. The van der Waals surface area contributed by atoms with E-state index in [2.05, 4.69) is 21.3 Å². The fourth-order valence-corrected chi connectivity index (χ4v) is 1.01. The van der Waals surface area contributed by atoms with Crippen LogP contribution in [0, 0.1) is 0 Å². The Balaban J connectivity index is 0.000000206. The minimum Gasteiger partial charge on any atom is -0.665 e. The van der Waals surface area contributed by atoms with Crippen molar-refractivity contribution >= 4 is 0 Å². The van der Waals surface area contributed by atoms with E-state index in [4.69, 9.17) is 0 Å². The molecule has 81 valence electrons. The molecule has 4 nitrogen and oxygen atoms in total. The maximum atomic E-state index is 4.08. The Morgan fingerprint density at radius 2 is 0.538 bits per heavy atom. The molecular formula is C8H16CoN4-4. The summed E-state index contributed by atoms with van der Waals surface area (Å²) in [5.74, 6) is 0. The van der Waals surface area contributed by atoms with Gasteiger partial charge >= 0.3 is 0 Å². The van der Waals surface area contributed by atoms with Crippen molar-refractivity contribution in [2.45, 2.75) is 0 Å². The second-order valence-electron chi connectivity index (χ2n) is 2.68. The molecule has 0 N–H and O–H groups in total.